The Morgan fingerprint density at radius 2 is 1.79 bits per heavy atom. The number of hydrogen-bond acceptors (Lipinski definition) is 5. The molecule has 0 spiro atoms. The van der Waals surface area contributed by atoms with Crippen LogP contribution in [0.25, 0.3) is 6.08 Å². The fourth-order valence-corrected chi connectivity index (χ4v) is 3.92. The predicted molar refractivity (Wildman–Crippen MR) is 110 cm³/mol. The van der Waals surface area contributed by atoms with Gasteiger partial charge in [0.1, 0.15) is 11.5 Å². The molecule has 5 nitrogen and oxygen atoms in total. The van der Waals surface area contributed by atoms with Crippen LogP contribution in [0.15, 0.2) is 42.2 Å². The molecule has 146 valence electrons. The molecule has 0 saturated carbocycles. The number of likely N-dealkylation sites (N-methyl/N-ethyl adjacent to an activating group) is 1. The maximum Gasteiger partial charge on any atom is 0.232 e. The van der Waals surface area contributed by atoms with Crippen LogP contribution in [-0.4, -0.2) is 53.4 Å². The summed E-state index contributed by atoms with van der Waals surface area (Å²) in [5.74, 6) is 0.908. The molecule has 2 aliphatic heterocycles. The molecule has 2 aromatic carbocycles. The van der Waals surface area contributed by atoms with Crippen LogP contribution in [-0.2, 0) is 6.54 Å². The summed E-state index contributed by atoms with van der Waals surface area (Å²) < 4.78 is 6.01. The Bertz CT molecular complexity index is 913. The van der Waals surface area contributed by atoms with E-state index in [1.807, 2.05) is 37.3 Å². The van der Waals surface area contributed by atoms with Crippen molar-refractivity contribution in [2.75, 3.05) is 32.7 Å². The first-order valence-electron chi connectivity index (χ1n) is 9.86. The zero-order valence-electron chi connectivity index (χ0n) is 16.4. The lowest BCUT2D eigenvalue weighted by atomic mass is 9.99. The van der Waals surface area contributed by atoms with Crippen molar-refractivity contribution in [1.29, 1.82) is 0 Å². The summed E-state index contributed by atoms with van der Waals surface area (Å²) in [6, 6.07) is 11.3. The van der Waals surface area contributed by atoms with Crippen LogP contribution in [0.4, 0.5) is 0 Å². The molecular weight excluding hydrogens is 352 g/mol. The number of phenolic OH excluding ortho intramolecular Hbond substituents is 1. The number of aryl methyl sites for hydroxylation is 1. The van der Waals surface area contributed by atoms with Crippen molar-refractivity contribution in [2.24, 2.45) is 0 Å². The maximum absolute atomic E-state index is 13.0. The van der Waals surface area contributed by atoms with Gasteiger partial charge in [-0.05, 0) is 36.7 Å². The summed E-state index contributed by atoms with van der Waals surface area (Å²) in [7, 11) is 0. The van der Waals surface area contributed by atoms with Gasteiger partial charge < -0.3 is 14.7 Å². The molecule has 1 saturated heterocycles. The lowest BCUT2D eigenvalue weighted by molar-refractivity contribution is 0.101. The van der Waals surface area contributed by atoms with Crippen molar-refractivity contribution in [1.82, 2.24) is 9.80 Å². The maximum atomic E-state index is 13.0. The number of ether oxygens (including phenoxy) is 1. The molecule has 2 heterocycles. The number of aromatic hydroxyl groups is 1. The van der Waals surface area contributed by atoms with Crippen molar-refractivity contribution >= 4 is 11.9 Å². The summed E-state index contributed by atoms with van der Waals surface area (Å²) in [4.78, 5) is 17.7. The highest BCUT2D eigenvalue weighted by Crippen LogP contribution is 2.42. The van der Waals surface area contributed by atoms with Gasteiger partial charge in [-0.1, -0.05) is 37.3 Å². The van der Waals surface area contributed by atoms with E-state index in [0.717, 1.165) is 43.9 Å². The second-order valence-electron chi connectivity index (χ2n) is 7.46. The molecule has 0 amide bonds. The lowest BCUT2D eigenvalue weighted by Gasteiger charge is -2.34. The summed E-state index contributed by atoms with van der Waals surface area (Å²) in [6.45, 7) is 9.58. The summed E-state index contributed by atoms with van der Waals surface area (Å²) in [5.41, 5.74) is 2.93. The smallest absolute Gasteiger partial charge is 0.232 e. The van der Waals surface area contributed by atoms with Gasteiger partial charge in [-0.15, -0.1) is 0 Å². The van der Waals surface area contributed by atoms with Crippen LogP contribution in [0.1, 0.15) is 34.0 Å². The van der Waals surface area contributed by atoms with E-state index in [1.165, 1.54) is 0 Å². The normalized spacial score (nSPS) is 19.1. The van der Waals surface area contributed by atoms with Gasteiger partial charge in [0.15, 0.2) is 5.76 Å². The van der Waals surface area contributed by atoms with E-state index >= 15 is 0 Å². The number of fused-ring (bicyclic) bond motifs is 1. The lowest BCUT2D eigenvalue weighted by Crippen LogP contribution is -2.45. The average molecular weight is 378 g/mol. The van der Waals surface area contributed by atoms with Crippen molar-refractivity contribution in [2.45, 2.75) is 20.4 Å². The largest absolute Gasteiger partial charge is 0.507 e. The van der Waals surface area contributed by atoms with Crippen molar-refractivity contribution in [3.05, 3.63) is 64.4 Å². The van der Waals surface area contributed by atoms with E-state index in [1.54, 1.807) is 12.1 Å². The summed E-state index contributed by atoms with van der Waals surface area (Å²) in [5, 5.41) is 10.6. The first-order chi connectivity index (χ1) is 13.6. The van der Waals surface area contributed by atoms with Crippen LogP contribution in [0.2, 0.25) is 0 Å². The topological polar surface area (TPSA) is 53.0 Å². The standard InChI is InChI=1S/C23H26N2O3/c1-3-24-9-11-25(12-10-24)15-18-19(26)13-16(2)21-22(27)20(28-23(18)21)14-17-7-5-4-6-8-17/h4-8,13-14,26H,3,9-12,15H2,1-2H3/b20-14-. The van der Waals surface area contributed by atoms with E-state index in [2.05, 4.69) is 16.7 Å². The highest BCUT2D eigenvalue weighted by molar-refractivity contribution is 6.15. The summed E-state index contributed by atoms with van der Waals surface area (Å²) in [6.07, 6.45) is 1.77. The second kappa shape index (κ2) is 7.78. The molecule has 2 aromatic rings. The van der Waals surface area contributed by atoms with Crippen molar-refractivity contribution in [3.8, 4) is 11.5 Å². The minimum Gasteiger partial charge on any atom is -0.507 e. The number of rotatable bonds is 4. The Balaban J connectivity index is 1.63. The second-order valence-corrected chi connectivity index (χ2v) is 7.46. The minimum atomic E-state index is -0.117. The predicted octanol–water partition coefficient (Wildman–Crippen LogP) is 3.45. The van der Waals surface area contributed by atoms with E-state index in [-0.39, 0.29) is 11.5 Å². The number of piperazine rings is 1. The number of carbonyl (C=O) groups is 1. The molecule has 0 atom stereocenters. The Morgan fingerprint density at radius 1 is 1.11 bits per heavy atom. The number of nitrogens with zero attached hydrogens (tertiary/aromatic N) is 2. The van der Waals surface area contributed by atoms with Gasteiger partial charge in [0.25, 0.3) is 0 Å². The van der Waals surface area contributed by atoms with Gasteiger partial charge in [0.05, 0.1) is 11.1 Å². The molecule has 4 rings (SSSR count). The zero-order chi connectivity index (χ0) is 19.7. The fourth-order valence-electron chi connectivity index (χ4n) is 3.92. The third-order valence-electron chi connectivity index (χ3n) is 5.61. The highest BCUT2D eigenvalue weighted by atomic mass is 16.5. The van der Waals surface area contributed by atoms with E-state index in [9.17, 15) is 9.90 Å². The first-order valence-corrected chi connectivity index (χ1v) is 9.86. The van der Waals surface area contributed by atoms with Gasteiger partial charge in [0, 0.05) is 32.7 Å². The monoisotopic (exact) mass is 378 g/mol. The van der Waals surface area contributed by atoms with Crippen LogP contribution in [0, 0.1) is 6.92 Å². The highest BCUT2D eigenvalue weighted by Gasteiger charge is 2.34. The third-order valence-corrected chi connectivity index (χ3v) is 5.61. The summed E-state index contributed by atoms with van der Waals surface area (Å²) >= 11 is 0. The van der Waals surface area contributed by atoms with E-state index in [4.69, 9.17) is 4.74 Å². The van der Waals surface area contributed by atoms with Gasteiger partial charge in [-0.2, -0.15) is 0 Å². The molecule has 2 aliphatic rings. The van der Waals surface area contributed by atoms with Crippen LogP contribution < -0.4 is 4.74 Å². The number of ketones is 1. The number of benzene rings is 2. The Hall–Kier alpha value is -2.63. The average Bonchev–Trinajstić information content (AvgIpc) is 3.03. The Morgan fingerprint density at radius 3 is 2.46 bits per heavy atom. The molecule has 5 heteroatoms. The molecule has 0 radical (unpaired) electrons. The van der Waals surface area contributed by atoms with Crippen molar-refractivity contribution < 1.29 is 14.6 Å². The van der Waals surface area contributed by atoms with Gasteiger partial charge in [-0.25, -0.2) is 0 Å². The molecule has 0 bridgehead atoms. The Kier molecular flexibility index (Phi) is 5.20. The fraction of sp³-hybridized carbons (Fsp3) is 0.348. The number of allylic oxidation sites excluding steroid dienone is 1. The van der Waals surface area contributed by atoms with Crippen LogP contribution in [0.5, 0.6) is 11.5 Å². The molecule has 1 fully saturated rings. The zero-order valence-corrected chi connectivity index (χ0v) is 16.4. The number of Topliss-reactive ketones (excluding diaryl/α,β-unsaturated/α-hetero) is 1. The van der Waals surface area contributed by atoms with Crippen molar-refractivity contribution in [3.63, 3.8) is 0 Å². The van der Waals surface area contributed by atoms with Crippen LogP contribution >= 0.6 is 0 Å². The first kappa shape index (κ1) is 18.7. The Labute approximate surface area is 165 Å². The van der Waals surface area contributed by atoms with Gasteiger partial charge in [0.2, 0.25) is 5.78 Å². The number of hydrogen-bond donors (Lipinski definition) is 1. The van der Waals surface area contributed by atoms with Gasteiger partial charge >= 0.3 is 0 Å². The quantitative estimate of drug-likeness (QED) is 0.826. The minimum absolute atomic E-state index is 0.117. The molecular formula is C23H26N2O3. The molecule has 0 aromatic heterocycles. The SMILES string of the molecule is CCN1CCN(Cc2c(O)cc(C)c3c2O/C(=C\c2ccccc2)C3=O)CC1. The number of carbonyl (C=O) groups excluding carboxylic acids is 1. The molecule has 0 aliphatic carbocycles. The van der Waals surface area contributed by atoms with E-state index < -0.39 is 0 Å². The third kappa shape index (κ3) is 3.55. The van der Waals surface area contributed by atoms with Crippen LogP contribution in [0.3, 0.4) is 0 Å². The molecule has 28 heavy (non-hydrogen) atoms. The number of phenols is 1. The molecule has 1 N–H and O–H groups in total. The molecule has 0 unspecified atom stereocenters. The van der Waals surface area contributed by atoms with Gasteiger partial charge in [-0.3, -0.25) is 9.69 Å². The van der Waals surface area contributed by atoms with E-state index in [0.29, 0.717) is 29.2 Å².